The molecule has 1 aliphatic rings. The fourth-order valence-corrected chi connectivity index (χ4v) is 3.60. The minimum absolute atomic E-state index is 0.192. The number of nitrogens with zero attached hydrogens (tertiary/aromatic N) is 1. The summed E-state index contributed by atoms with van der Waals surface area (Å²) in [6, 6.07) is 11.1. The number of nitrogens with one attached hydrogen (secondary N) is 1. The van der Waals surface area contributed by atoms with Crippen LogP contribution in [0.15, 0.2) is 36.4 Å². The summed E-state index contributed by atoms with van der Waals surface area (Å²) in [5.74, 6) is 1.73. The third kappa shape index (κ3) is 4.46. The summed E-state index contributed by atoms with van der Waals surface area (Å²) < 4.78 is 10.8. The smallest absolute Gasteiger partial charge is 0.161 e. The zero-order valence-corrected chi connectivity index (χ0v) is 16.1. The Bertz CT molecular complexity index is 764. The number of phenolic OH excluding ortho intramolecular Hbond substituents is 1. The second kappa shape index (κ2) is 8.50. The minimum atomic E-state index is -0.497. The first-order valence-corrected chi connectivity index (χ1v) is 9.21. The van der Waals surface area contributed by atoms with E-state index in [0.29, 0.717) is 13.1 Å². The molecule has 146 valence electrons. The molecule has 2 atom stereocenters. The van der Waals surface area contributed by atoms with E-state index in [4.69, 9.17) is 9.47 Å². The van der Waals surface area contributed by atoms with Gasteiger partial charge in [0.15, 0.2) is 11.5 Å². The quantitative estimate of drug-likeness (QED) is 0.649. The van der Waals surface area contributed by atoms with Crippen LogP contribution in [0.5, 0.6) is 17.2 Å². The number of anilines is 1. The van der Waals surface area contributed by atoms with Crippen molar-refractivity contribution >= 4 is 5.69 Å². The molecule has 3 N–H and O–H groups in total. The molecule has 1 aliphatic heterocycles. The van der Waals surface area contributed by atoms with E-state index in [1.807, 2.05) is 6.07 Å². The van der Waals surface area contributed by atoms with Crippen molar-refractivity contribution in [2.75, 3.05) is 39.2 Å². The fraction of sp³-hybridized carbons (Fsp3) is 0.429. The molecule has 0 fully saturated rings. The Kier molecular flexibility index (Phi) is 6.08. The molecule has 2 aromatic carbocycles. The summed E-state index contributed by atoms with van der Waals surface area (Å²) >= 11 is 0. The molecular weight excluding hydrogens is 344 g/mol. The van der Waals surface area contributed by atoms with Gasteiger partial charge >= 0.3 is 0 Å². The Labute approximate surface area is 160 Å². The normalized spacial score (nSPS) is 17.9. The van der Waals surface area contributed by atoms with Gasteiger partial charge in [-0.05, 0) is 60.9 Å². The van der Waals surface area contributed by atoms with E-state index in [9.17, 15) is 10.2 Å². The summed E-state index contributed by atoms with van der Waals surface area (Å²) in [4.78, 5) is 2.29. The van der Waals surface area contributed by atoms with Crippen LogP contribution in [0.3, 0.4) is 0 Å². The first-order chi connectivity index (χ1) is 13.0. The van der Waals surface area contributed by atoms with E-state index in [0.717, 1.165) is 30.2 Å². The molecule has 0 amide bonds. The molecule has 1 heterocycles. The van der Waals surface area contributed by atoms with E-state index in [1.165, 1.54) is 11.1 Å². The van der Waals surface area contributed by atoms with E-state index in [2.05, 4.69) is 23.2 Å². The lowest BCUT2D eigenvalue weighted by Crippen LogP contribution is -2.41. The maximum absolute atomic E-state index is 10.5. The molecule has 0 spiro atoms. The van der Waals surface area contributed by atoms with Gasteiger partial charge in [0.2, 0.25) is 0 Å². The average Bonchev–Trinajstić information content (AvgIpc) is 2.69. The SMILES string of the molecule is COc1cc2c(cc1OC)[C@@H](C)N(C[C@H](O)CNc1ccc(O)cc1)CC2. The Balaban J connectivity index is 1.62. The molecule has 0 saturated heterocycles. The number of ether oxygens (including phenoxy) is 2. The maximum Gasteiger partial charge on any atom is 0.161 e. The Morgan fingerprint density at radius 3 is 2.48 bits per heavy atom. The number of aromatic hydroxyl groups is 1. The van der Waals surface area contributed by atoms with Crippen LogP contribution in [-0.4, -0.2) is 55.1 Å². The van der Waals surface area contributed by atoms with Crippen LogP contribution < -0.4 is 14.8 Å². The van der Waals surface area contributed by atoms with Crippen molar-refractivity contribution in [1.29, 1.82) is 0 Å². The third-order valence-electron chi connectivity index (χ3n) is 5.17. The lowest BCUT2D eigenvalue weighted by atomic mass is 9.92. The van der Waals surface area contributed by atoms with Gasteiger partial charge in [-0.2, -0.15) is 0 Å². The largest absolute Gasteiger partial charge is 0.508 e. The van der Waals surface area contributed by atoms with Gasteiger partial charge in [-0.1, -0.05) is 0 Å². The van der Waals surface area contributed by atoms with Crippen molar-refractivity contribution < 1.29 is 19.7 Å². The van der Waals surface area contributed by atoms with Crippen molar-refractivity contribution in [3.8, 4) is 17.2 Å². The molecule has 6 heteroatoms. The monoisotopic (exact) mass is 372 g/mol. The third-order valence-corrected chi connectivity index (χ3v) is 5.17. The van der Waals surface area contributed by atoms with E-state index in [-0.39, 0.29) is 11.8 Å². The molecule has 3 rings (SSSR count). The number of fused-ring (bicyclic) bond motifs is 1. The molecule has 27 heavy (non-hydrogen) atoms. The summed E-state index contributed by atoms with van der Waals surface area (Å²) in [7, 11) is 3.30. The van der Waals surface area contributed by atoms with Gasteiger partial charge in [0.1, 0.15) is 5.75 Å². The van der Waals surface area contributed by atoms with Crippen LogP contribution in [0.25, 0.3) is 0 Å². The van der Waals surface area contributed by atoms with Crippen molar-refractivity contribution in [1.82, 2.24) is 4.90 Å². The van der Waals surface area contributed by atoms with Crippen LogP contribution >= 0.6 is 0 Å². The van der Waals surface area contributed by atoms with Crippen molar-refractivity contribution in [3.05, 3.63) is 47.5 Å². The van der Waals surface area contributed by atoms with Crippen LogP contribution in [0.2, 0.25) is 0 Å². The molecule has 0 bridgehead atoms. The number of methoxy groups -OCH3 is 2. The predicted octanol–water partition coefficient (Wildman–Crippen LogP) is 2.80. The Morgan fingerprint density at radius 1 is 1.15 bits per heavy atom. The highest BCUT2D eigenvalue weighted by molar-refractivity contribution is 5.49. The zero-order valence-electron chi connectivity index (χ0n) is 16.1. The number of aliphatic hydroxyl groups is 1. The Hall–Kier alpha value is -2.44. The number of aliphatic hydroxyl groups excluding tert-OH is 1. The Morgan fingerprint density at radius 2 is 1.81 bits per heavy atom. The predicted molar refractivity (Wildman–Crippen MR) is 106 cm³/mol. The second-order valence-electron chi connectivity index (χ2n) is 6.91. The van der Waals surface area contributed by atoms with E-state index in [1.54, 1.807) is 38.5 Å². The van der Waals surface area contributed by atoms with Gasteiger partial charge in [-0.3, -0.25) is 4.90 Å². The lowest BCUT2D eigenvalue weighted by molar-refractivity contribution is 0.0940. The molecule has 0 aromatic heterocycles. The topological polar surface area (TPSA) is 74.2 Å². The van der Waals surface area contributed by atoms with Crippen LogP contribution in [0.4, 0.5) is 5.69 Å². The highest BCUT2D eigenvalue weighted by Crippen LogP contribution is 2.37. The summed E-state index contributed by atoms with van der Waals surface area (Å²) in [5, 5.41) is 23.0. The molecule has 0 radical (unpaired) electrons. The first-order valence-electron chi connectivity index (χ1n) is 9.21. The summed E-state index contributed by atoms with van der Waals surface area (Å²) in [5.41, 5.74) is 3.37. The lowest BCUT2D eigenvalue weighted by Gasteiger charge is -2.37. The maximum atomic E-state index is 10.5. The summed E-state index contributed by atoms with van der Waals surface area (Å²) in [6.07, 6.45) is 0.418. The van der Waals surface area contributed by atoms with E-state index < -0.39 is 6.10 Å². The first kappa shape index (κ1) is 19.3. The van der Waals surface area contributed by atoms with Gasteiger partial charge in [-0.15, -0.1) is 0 Å². The second-order valence-corrected chi connectivity index (χ2v) is 6.91. The fourth-order valence-electron chi connectivity index (χ4n) is 3.60. The number of hydrogen-bond donors (Lipinski definition) is 3. The zero-order chi connectivity index (χ0) is 19.4. The molecule has 0 unspecified atom stereocenters. The molecule has 0 aliphatic carbocycles. The van der Waals surface area contributed by atoms with Crippen molar-refractivity contribution in [3.63, 3.8) is 0 Å². The van der Waals surface area contributed by atoms with Gasteiger partial charge in [0.05, 0.1) is 20.3 Å². The van der Waals surface area contributed by atoms with Crippen LogP contribution in [-0.2, 0) is 6.42 Å². The van der Waals surface area contributed by atoms with E-state index >= 15 is 0 Å². The van der Waals surface area contributed by atoms with Crippen molar-refractivity contribution in [2.24, 2.45) is 0 Å². The molecular formula is C21H28N2O4. The number of phenols is 1. The van der Waals surface area contributed by atoms with Gasteiger partial charge in [-0.25, -0.2) is 0 Å². The highest BCUT2D eigenvalue weighted by atomic mass is 16.5. The standard InChI is InChI=1S/C21H28N2O4/c1-14-19-11-21(27-3)20(26-2)10-15(19)8-9-23(14)13-18(25)12-22-16-4-6-17(24)7-5-16/h4-7,10-11,14,18,22,24-25H,8-9,12-13H2,1-3H3/t14-,18-/m1/s1. The molecule has 6 nitrogen and oxygen atoms in total. The highest BCUT2D eigenvalue weighted by Gasteiger charge is 2.27. The van der Waals surface area contributed by atoms with Gasteiger partial charge in [0, 0.05) is 31.4 Å². The average molecular weight is 372 g/mol. The molecule has 0 saturated carbocycles. The number of β-amino-alcohol motifs (C(OH)–C–C–N with tert-alkyl or cyclic N) is 1. The van der Waals surface area contributed by atoms with Gasteiger partial charge < -0.3 is 25.0 Å². The van der Waals surface area contributed by atoms with Crippen molar-refractivity contribution in [2.45, 2.75) is 25.5 Å². The number of hydrogen-bond acceptors (Lipinski definition) is 6. The summed E-state index contributed by atoms with van der Waals surface area (Å²) in [6.45, 7) is 4.08. The van der Waals surface area contributed by atoms with Gasteiger partial charge in [0.25, 0.3) is 0 Å². The van der Waals surface area contributed by atoms with Crippen LogP contribution in [0, 0.1) is 0 Å². The minimum Gasteiger partial charge on any atom is -0.508 e. The van der Waals surface area contributed by atoms with Crippen LogP contribution in [0.1, 0.15) is 24.1 Å². The number of rotatable bonds is 7. The number of benzene rings is 2. The molecule has 2 aromatic rings.